The van der Waals surface area contributed by atoms with Gasteiger partial charge >= 0.3 is 0 Å². The Labute approximate surface area is 106 Å². The molecule has 4 nitrogen and oxygen atoms in total. The summed E-state index contributed by atoms with van der Waals surface area (Å²) in [6, 6.07) is 9.44. The van der Waals surface area contributed by atoms with E-state index in [-0.39, 0.29) is 12.2 Å². The quantitative estimate of drug-likeness (QED) is 0.825. The minimum Gasteiger partial charge on any atom is -0.497 e. The van der Waals surface area contributed by atoms with Crippen LogP contribution in [-0.2, 0) is 11.2 Å². The molecule has 0 atom stereocenters. The summed E-state index contributed by atoms with van der Waals surface area (Å²) in [5.41, 5.74) is 1.78. The van der Waals surface area contributed by atoms with E-state index < -0.39 is 0 Å². The maximum atomic E-state index is 11.0. The first kappa shape index (κ1) is 12.2. The lowest BCUT2D eigenvalue weighted by Gasteiger charge is -2.04. The molecule has 1 heterocycles. The molecule has 0 aliphatic rings. The van der Waals surface area contributed by atoms with Gasteiger partial charge in [-0.3, -0.25) is 4.79 Å². The Balaban J connectivity index is 2.29. The van der Waals surface area contributed by atoms with Gasteiger partial charge in [-0.1, -0.05) is 0 Å². The summed E-state index contributed by atoms with van der Waals surface area (Å²) in [7, 11) is 1.63. The zero-order chi connectivity index (χ0) is 13.0. The van der Waals surface area contributed by atoms with Gasteiger partial charge < -0.3 is 4.74 Å². The molecule has 0 unspecified atom stereocenters. The standard InChI is InChI=1S/C14H14N2O2/c1-10(17)9-14-15-8-7-13(16-14)11-3-5-12(18-2)6-4-11/h3-8H,9H2,1-2H3. The van der Waals surface area contributed by atoms with E-state index in [1.54, 1.807) is 13.3 Å². The normalized spacial score (nSPS) is 10.1. The summed E-state index contributed by atoms with van der Waals surface area (Å²) < 4.78 is 5.10. The molecule has 0 saturated carbocycles. The van der Waals surface area contributed by atoms with Crippen LogP contribution in [0.25, 0.3) is 11.3 Å². The van der Waals surface area contributed by atoms with Crippen molar-refractivity contribution in [1.29, 1.82) is 0 Å². The number of carbonyl (C=O) groups is 1. The first-order chi connectivity index (χ1) is 8.69. The lowest BCUT2D eigenvalue weighted by atomic mass is 10.1. The van der Waals surface area contributed by atoms with Crippen LogP contribution < -0.4 is 4.74 Å². The molecule has 0 spiro atoms. The van der Waals surface area contributed by atoms with Gasteiger partial charge in [0, 0.05) is 11.8 Å². The van der Waals surface area contributed by atoms with Gasteiger partial charge in [0.1, 0.15) is 17.4 Å². The maximum absolute atomic E-state index is 11.0. The van der Waals surface area contributed by atoms with Gasteiger partial charge in [0.2, 0.25) is 0 Å². The third-order valence-corrected chi connectivity index (χ3v) is 2.50. The molecule has 92 valence electrons. The predicted molar refractivity (Wildman–Crippen MR) is 68.4 cm³/mol. The summed E-state index contributed by atoms with van der Waals surface area (Å²) in [6.07, 6.45) is 1.94. The summed E-state index contributed by atoms with van der Waals surface area (Å²) in [4.78, 5) is 19.5. The number of ether oxygens (including phenoxy) is 1. The highest BCUT2D eigenvalue weighted by molar-refractivity contribution is 5.77. The van der Waals surface area contributed by atoms with Crippen LogP contribution in [0.5, 0.6) is 5.75 Å². The number of rotatable bonds is 4. The molecule has 18 heavy (non-hydrogen) atoms. The molecule has 0 amide bonds. The van der Waals surface area contributed by atoms with E-state index in [9.17, 15) is 4.79 Å². The number of ketones is 1. The fraction of sp³-hybridized carbons (Fsp3) is 0.214. The fourth-order valence-electron chi connectivity index (χ4n) is 1.63. The van der Waals surface area contributed by atoms with Crippen molar-refractivity contribution in [3.63, 3.8) is 0 Å². The van der Waals surface area contributed by atoms with E-state index in [2.05, 4.69) is 9.97 Å². The minimum atomic E-state index is 0.0573. The summed E-state index contributed by atoms with van der Waals surface area (Å²) in [6.45, 7) is 1.53. The fourth-order valence-corrected chi connectivity index (χ4v) is 1.63. The van der Waals surface area contributed by atoms with Crippen LogP contribution in [0.3, 0.4) is 0 Å². The van der Waals surface area contributed by atoms with Crippen LogP contribution in [0.15, 0.2) is 36.5 Å². The highest BCUT2D eigenvalue weighted by Gasteiger charge is 2.04. The van der Waals surface area contributed by atoms with Crippen LogP contribution in [-0.4, -0.2) is 22.9 Å². The highest BCUT2D eigenvalue weighted by atomic mass is 16.5. The Morgan fingerprint density at radius 2 is 1.94 bits per heavy atom. The van der Waals surface area contributed by atoms with Crippen molar-refractivity contribution in [3.05, 3.63) is 42.4 Å². The van der Waals surface area contributed by atoms with E-state index in [0.29, 0.717) is 5.82 Å². The Kier molecular flexibility index (Phi) is 3.67. The second kappa shape index (κ2) is 5.40. The monoisotopic (exact) mass is 242 g/mol. The van der Waals surface area contributed by atoms with Gasteiger partial charge in [-0.2, -0.15) is 0 Å². The second-order valence-electron chi connectivity index (χ2n) is 3.97. The number of Topliss-reactive ketones (excluding diaryl/α,β-unsaturated/α-hetero) is 1. The molecule has 0 aliphatic carbocycles. The first-order valence-electron chi connectivity index (χ1n) is 5.65. The largest absolute Gasteiger partial charge is 0.497 e. The van der Waals surface area contributed by atoms with E-state index >= 15 is 0 Å². The molecular formula is C14H14N2O2. The van der Waals surface area contributed by atoms with Crippen molar-refractivity contribution in [3.8, 4) is 17.0 Å². The predicted octanol–water partition coefficient (Wildman–Crippen LogP) is 2.28. The number of hydrogen-bond acceptors (Lipinski definition) is 4. The molecule has 1 aromatic carbocycles. The number of carbonyl (C=O) groups excluding carboxylic acids is 1. The molecular weight excluding hydrogens is 228 g/mol. The van der Waals surface area contributed by atoms with Gasteiger partial charge in [-0.25, -0.2) is 9.97 Å². The third kappa shape index (κ3) is 2.91. The van der Waals surface area contributed by atoms with Crippen molar-refractivity contribution >= 4 is 5.78 Å². The molecule has 0 saturated heterocycles. The average molecular weight is 242 g/mol. The minimum absolute atomic E-state index is 0.0573. The van der Waals surface area contributed by atoms with Crippen LogP contribution >= 0.6 is 0 Å². The third-order valence-electron chi connectivity index (χ3n) is 2.50. The molecule has 0 fully saturated rings. The molecule has 0 bridgehead atoms. The van der Waals surface area contributed by atoms with Gasteiger partial charge in [-0.15, -0.1) is 0 Å². The smallest absolute Gasteiger partial charge is 0.137 e. The Bertz CT molecular complexity index is 550. The average Bonchev–Trinajstić information content (AvgIpc) is 2.38. The van der Waals surface area contributed by atoms with Gasteiger partial charge in [-0.05, 0) is 37.3 Å². The number of aromatic nitrogens is 2. The van der Waals surface area contributed by atoms with Crippen LogP contribution in [0.1, 0.15) is 12.7 Å². The lowest BCUT2D eigenvalue weighted by molar-refractivity contribution is -0.116. The topological polar surface area (TPSA) is 52.1 Å². The Hall–Kier alpha value is -2.23. The van der Waals surface area contributed by atoms with E-state index in [4.69, 9.17) is 4.74 Å². The molecule has 1 aromatic heterocycles. The van der Waals surface area contributed by atoms with Gasteiger partial charge in [0.25, 0.3) is 0 Å². The molecule has 2 rings (SSSR count). The Morgan fingerprint density at radius 1 is 1.22 bits per heavy atom. The van der Waals surface area contributed by atoms with Crippen LogP contribution in [0.4, 0.5) is 0 Å². The van der Waals surface area contributed by atoms with E-state index in [0.717, 1.165) is 17.0 Å². The van der Waals surface area contributed by atoms with Crippen LogP contribution in [0.2, 0.25) is 0 Å². The SMILES string of the molecule is COc1ccc(-c2ccnc(CC(C)=O)n2)cc1. The summed E-state index contributed by atoms with van der Waals surface area (Å²) >= 11 is 0. The highest BCUT2D eigenvalue weighted by Crippen LogP contribution is 2.20. The maximum Gasteiger partial charge on any atom is 0.137 e. The number of nitrogens with zero attached hydrogens (tertiary/aromatic N) is 2. The number of hydrogen-bond donors (Lipinski definition) is 0. The number of benzene rings is 1. The van der Waals surface area contributed by atoms with Crippen molar-refractivity contribution in [1.82, 2.24) is 9.97 Å². The molecule has 2 aromatic rings. The van der Waals surface area contributed by atoms with Crippen molar-refractivity contribution in [2.75, 3.05) is 7.11 Å². The van der Waals surface area contributed by atoms with Crippen LogP contribution in [0, 0.1) is 0 Å². The molecule has 4 heteroatoms. The number of methoxy groups -OCH3 is 1. The van der Waals surface area contributed by atoms with Crippen molar-refractivity contribution < 1.29 is 9.53 Å². The Morgan fingerprint density at radius 3 is 2.56 bits per heavy atom. The van der Waals surface area contributed by atoms with Crippen molar-refractivity contribution in [2.24, 2.45) is 0 Å². The van der Waals surface area contributed by atoms with E-state index in [1.807, 2.05) is 30.3 Å². The second-order valence-corrected chi connectivity index (χ2v) is 3.97. The summed E-state index contributed by atoms with van der Waals surface area (Å²) in [5, 5.41) is 0. The first-order valence-corrected chi connectivity index (χ1v) is 5.65. The van der Waals surface area contributed by atoms with Crippen molar-refractivity contribution in [2.45, 2.75) is 13.3 Å². The van der Waals surface area contributed by atoms with Gasteiger partial charge in [0.15, 0.2) is 0 Å². The van der Waals surface area contributed by atoms with E-state index in [1.165, 1.54) is 6.92 Å². The zero-order valence-electron chi connectivity index (χ0n) is 10.4. The molecule has 0 N–H and O–H groups in total. The lowest BCUT2D eigenvalue weighted by Crippen LogP contribution is -2.02. The molecule has 0 aliphatic heterocycles. The van der Waals surface area contributed by atoms with Gasteiger partial charge in [0.05, 0.1) is 19.2 Å². The zero-order valence-corrected chi connectivity index (χ0v) is 10.4. The molecule has 0 radical (unpaired) electrons. The summed E-state index contributed by atoms with van der Waals surface area (Å²) in [5.74, 6) is 1.41.